The van der Waals surface area contributed by atoms with Crippen LogP contribution in [0.3, 0.4) is 0 Å². The predicted molar refractivity (Wildman–Crippen MR) is 71.5 cm³/mol. The lowest BCUT2D eigenvalue weighted by atomic mass is 9.98. The first kappa shape index (κ1) is 14.5. The van der Waals surface area contributed by atoms with Gasteiger partial charge in [0.2, 0.25) is 11.7 Å². The Balaban J connectivity index is 2.02. The maximum Gasteiger partial charge on any atom is 0.246 e. The highest BCUT2D eigenvalue weighted by Crippen LogP contribution is 2.22. The summed E-state index contributed by atoms with van der Waals surface area (Å²) in [7, 11) is 0. The summed E-state index contributed by atoms with van der Waals surface area (Å²) in [6.45, 7) is 3.90. The van der Waals surface area contributed by atoms with E-state index in [0.717, 1.165) is 12.8 Å². The van der Waals surface area contributed by atoms with E-state index in [2.05, 4.69) is 10.1 Å². The fraction of sp³-hybridized carbons (Fsp3) is 0.429. The van der Waals surface area contributed by atoms with Crippen LogP contribution in [-0.4, -0.2) is 10.1 Å². The van der Waals surface area contributed by atoms with E-state index in [-0.39, 0.29) is 12.4 Å². The van der Waals surface area contributed by atoms with E-state index in [1.54, 1.807) is 18.2 Å². The largest absolute Gasteiger partial charge is 0.482 e. The van der Waals surface area contributed by atoms with E-state index in [1.807, 2.05) is 13.8 Å². The number of benzene rings is 1. The van der Waals surface area contributed by atoms with Gasteiger partial charge in [-0.2, -0.15) is 4.98 Å². The molecule has 1 aromatic heterocycles. The Morgan fingerprint density at radius 2 is 2.15 bits per heavy atom. The summed E-state index contributed by atoms with van der Waals surface area (Å²) in [4.78, 5) is 4.20. The third kappa shape index (κ3) is 3.33. The number of nitrogens with two attached hydrogens (primary N) is 1. The van der Waals surface area contributed by atoms with Gasteiger partial charge >= 0.3 is 0 Å². The van der Waals surface area contributed by atoms with Gasteiger partial charge in [0.1, 0.15) is 0 Å². The molecule has 0 radical (unpaired) electrons. The Bertz CT molecular complexity index is 569. The molecule has 2 aromatic rings. The molecular formula is C14H18FN3O2. The quantitative estimate of drug-likeness (QED) is 0.880. The van der Waals surface area contributed by atoms with Crippen LogP contribution >= 0.6 is 0 Å². The summed E-state index contributed by atoms with van der Waals surface area (Å²) >= 11 is 0. The first-order valence-electron chi connectivity index (χ1n) is 6.52. The molecule has 20 heavy (non-hydrogen) atoms. The predicted octanol–water partition coefficient (Wildman–Crippen LogP) is 2.76. The van der Waals surface area contributed by atoms with Gasteiger partial charge in [0.05, 0.1) is 5.54 Å². The zero-order valence-electron chi connectivity index (χ0n) is 11.6. The van der Waals surface area contributed by atoms with Crippen molar-refractivity contribution in [3.8, 4) is 5.75 Å². The zero-order valence-corrected chi connectivity index (χ0v) is 11.6. The molecule has 0 saturated carbocycles. The highest BCUT2D eigenvalue weighted by atomic mass is 19.1. The lowest BCUT2D eigenvalue weighted by molar-refractivity contribution is 0.263. The zero-order chi connectivity index (χ0) is 14.6. The smallest absolute Gasteiger partial charge is 0.246 e. The van der Waals surface area contributed by atoms with Gasteiger partial charge in [-0.05, 0) is 25.5 Å². The van der Waals surface area contributed by atoms with Crippen LogP contribution < -0.4 is 10.5 Å². The van der Waals surface area contributed by atoms with Crippen LogP contribution in [0.25, 0.3) is 0 Å². The third-order valence-electron chi connectivity index (χ3n) is 2.92. The van der Waals surface area contributed by atoms with Crippen molar-refractivity contribution in [1.82, 2.24) is 10.1 Å². The Labute approximate surface area is 116 Å². The first-order valence-corrected chi connectivity index (χ1v) is 6.52. The molecule has 5 nitrogen and oxygen atoms in total. The number of hydrogen-bond acceptors (Lipinski definition) is 5. The van der Waals surface area contributed by atoms with Gasteiger partial charge < -0.3 is 15.0 Å². The van der Waals surface area contributed by atoms with E-state index < -0.39 is 11.4 Å². The molecule has 0 saturated heterocycles. The van der Waals surface area contributed by atoms with Crippen LogP contribution in [0.5, 0.6) is 5.75 Å². The molecule has 1 atom stereocenters. The van der Waals surface area contributed by atoms with Crippen LogP contribution in [0, 0.1) is 5.82 Å². The average molecular weight is 279 g/mol. The Kier molecular flexibility index (Phi) is 4.34. The van der Waals surface area contributed by atoms with Crippen molar-refractivity contribution in [3.63, 3.8) is 0 Å². The molecular weight excluding hydrogens is 261 g/mol. The topological polar surface area (TPSA) is 74.2 Å². The fourth-order valence-corrected chi connectivity index (χ4v) is 1.87. The third-order valence-corrected chi connectivity index (χ3v) is 2.92. The minimum Gasteiger partial charge on any atom is -0.482 e. The van der Waals surface area contributed by atoms with Crippen molar-refractivity contribution in [2.45, 2.75) is 38.8 Å². The highest BCUT2D eigenvalue weighted by molar-refractivity contribution is 5.23. The fourth-order valence-electron chi connectivity index (χ4n) is 1.87. The molecule has 0 bridgehead atoms. The van der Waals surface area contributed by atoms with Crippen molar-refractivity contribution < 1.29 is 13.7 Å². The normalized spacial score (nSPS) is 14.0. The molecule has 2 rings (SSSR count). The SMILES string of the molecule is CCCC(C)(N)c1nc(COc2ccccc2F)no1. The van der Waals surface area contributed by atoms with Crippen molar-refractivity contribution >= 4 is 0 Å². The van der Waals surface area contributed by atoms with Gasteiger partial charge in [-0.15, -0.1) is 0 Å². The van der Waals surface area contributed by atoms with Gasteiger partial charge in [0.15, 0.2) is 18.2 Å². The number of halogens is 1. The molecule has 0 fully saturated rings. The van der Waals surface area contributed by atoms with Crippen LogP contribution in [0.15, 0.2) is 28.8 Å². The maximum absolute atomic E-state index is 13.4. The molecule has 0 aliphatic carbocycles. The number of ether oxygens (including phenoxy) is 1. The summed E-state index contributed by atoms with van der Waals surface area (Å²) in [5.74, 6) is 0.441. The number of para-hydroxylation sites is 1. The molecule has 108 valence electrons. The molecule has 0 aliphatic rings. The van der Waals surface area contributed by atoms with Crippen LogP contribution in [0.2, 0.25) is 0 Å². The maximum atomic E-state index is 13.4. The Morgan fingerprint density at radius 3 is 2.85 bits per heavy atom. The minimum atomic E-state index is -0.655. The van der Waals surface area contributed by atoms with Gasteiger partial charge in [0.25, 0.3) is 0 Å². The van der Waals surface area contributed by atoms with Crippen LogP contribution in [0.1, 0.15) is 38.4 Å². The van der Waals surface area contributed by atoms with Crippen molar-refractivity contribution in [1.29, 1.82) is 0 Å². The van der Waals surface area contributed by atoms with E-state index in [1.165, 1.54) is 6.07 Å². The Morgan fingerprint density at radius 1 is 1.40 bits per heavy atom. The summed E-state index contributed by atoms with van der Waals surface area (Å²) in [5.41, 5.74) is 5.44. The van der Waals surface area contributed by atoms with E-state index in [9.17, 15) is 4.39 Å². The lowest BCUT2D eigenvalue weighted by Crippen LogP contribution is -2.33. The molecule has 6 heteroatoms. The second kappa shape index (κ2) is 6.00. The second-order valence-corrected chi connectivity index (χ2v) is 4.90. The first-order chi connectivity index (χ1) is 9.53. The second-order valence-electron chi connectivity index (χ2n) is 4.90. The average Bonchev–Trinajstić information content (AvgIpc) is 2.87. The molecule has 2 N–H and O–H groups in total. The van der Waals surface area contributed by atoms with Crippen molar-refractivity contribution in [2.75, 3.05) is 0 Å². The van der Waals surface area contributed by atoms with E-state index in [0.29, 0.717) is 11.7 Å². The number of aromatic nitrogens is 2. The van der Waals surface area contributed by atoms with Crippen molar-refractivity contribution in [3.05, 3.63) is 41.8 Å². The highest BCUT2D eigenvalue weighted by Gasteiger charge is 2.27. The lowest BCUT2D eigenvalue weighted by Gasteiger charge is -2.18. The molecule has 0 amide bonds. The Hall–Kier alpha value is -1.95. The van der Waals surface area contributed by atoms with Gasteiger partial charge in [-0.3, -0.25) is 0 Å². The van der Waals surface area contributed by atoms with Gasteiger partial charge in [-0.25, -0.2) is 4.39 Å². The summed E-state index contributed by atoms with van der Waals surface area (Å²) in [5, 5.41) is 3.80. The number of hydrogen-bond donors (Lipinski definition) is 1. The van der Waals surface area contributed by atoms with E-state index >= 15 is 0 Å². The van der Waals surface area contributed by atoms with Crippen molar-refractivity contribution in [2.24, 2.45) is 5.73 Å². The molecule has 0 spiro atoms. The number of rotatable bonds is 6. The molecule has 0 aliphatic heterocycles. The minimum absolute atomic E-state index is 0.0344. The summed E-state index contributed by atoms with van der Waals surface area (Å²) < 4.78 is 23.8. The molecule has 1 heterocycles. The standard InChI is InChI=1S/C14H18FN3O2/c1-3-8-14(2,16)13-17-12(18-20-13)9-19-11-7-5-4-6-10(11)15/h4-7H,3,8-9,16H2,1-2H3. The van der Waals surface area contributed by atoms with E-state index in [4.69, 9.17) is 15.0 Å². The van der Waals surface area contributed by atoms with Gasteiger partial charge in [0, 0.05) is 0 Å². The summed E-state index contributed by atoms with van der Waals surface area (Å²) in [6.07, 6.45) is 1.65. The summed E-state index contributed by atoms with van der Waals surface area (Å²) in [6, 6.07) is 6.16. The monoisotopic (exact) mass is 279 g/mol. The number of nitrogens with zero attached hydrogens (tertiary/aromatic N) is 2. The van der Waals surface area contributed by atoms with Crippen LogP contribution in [0.4, 0.5) is 4.39 Å². The van der Waals surface area contributed by atoms with Gasteiger partial charge in [-0.1, -0.05) is 30.6 Å². The molecule has 1 unspecified atom stereocenters. The molecule has 1 aromatic carbocycles. The van der Waals surface area contributed by atoms with Crippen LogP contribution in [-0.2, 0) is 12.1 Å².